The van der Waals surface area contributed by atoms with E-state index in [-0.39, 0.29) is 5.91 Å². The van der Waals surface area contributed by atoms with E-state index >= 15 is 0 Å². The summed E-state index contributed by atoms with van der Waals surface area (Å²) in [5.41, 5.74) is 7.49. The monoisotopic (exact) mass is 232 g/mol. The lowest BCUT2D eigenvalue weighted by Crippen LogP contribution is -2.24. The third kappa shape index (κ3) is 2.86. The number of rotatable bonds is 6. The highest BCUT2D eigenvalue weighted by molar-refractivity contribution is 5.94. The molecule has 1 aromatic rings. The van der Waals surface area contributed by atoms with E-state index < -0.39 is 0 Å². The summed E-state index contributed by atoms with van der Waals surface area (Å²) in [6, 6.07) is 7.53. The first kappa shape index (κ1) is 12.1. The predicted octanol–water partition coefficient (Wildman–Crippen LogP) is 2.07. The van der Waals surface area contributed by atoms with Crippen LogP contribution in [-0.2, 0) is 6.54 Å². The SMILES string of the molecule is CCC1(CNCc2ccccc2C(N)=O)CC1. The number of carbonyl (C=O) groups excluding carboxylic acids is 1. The summed E-state index contributed by atoms with van der Waals surface area (Å²) in [4.78, 5) is 11.2. The van der Waals surface area contributed by atoms with E-state index in [4.69, 9.17) is 5.73 Å². The molecule has 3 nitrogen and oxygen atoms in total. The summed E-state index contributed by atoms with van der Waals surface area (Å²) in [7, 11) is 0. The highest BCUT2D eigenvalue weighted by Gasteiger charge is 2.39. The molecule has 0 aromatic heterocycles. The normalized spacial score (nSPS) is 16.8. The molecule has 0 bridgehead atoms. The molecular formula is C14H20N2O. The van der Waals surface area contributed by atoms with Crippen LogP contribution in [0.1, 0.15) is 42.1 Å². The summed E-state index contributed by atoms with van der Waals surface area (Å²) >= 11 is 0. The van der Waals surface area contributed by atoms with Crippen molar-refractivity contribution in [1.29, 1.82) is 0 Å². The third-order valence-corrected chi connectivity index (χ3v) is 3.81. The van der Waals surface area contributed by atoms with Crippen LogP contribution >= 0.6 is 0 Å². The van der Waals surface area contributed by atoms with Crippen molar-refractivity contribution in [2.75, 3.05) is 6.54 Å². The van der Waals surface area contributed by atoms with Gasteiger partial charge in [-0.15, -0.1) is 0 Å². The van der Waals surface area contributed by atoms with Gasteiger partial charge in [-0.25, -0.2) is 0 Å². The summed E-state index contributed by atoms with van der Waals surface area (Å²) in [6.07, 6.45) is 3.89. The first-order valence-electron chi connectivity index (χ1n) is 6.25. The molecular weight excluding hydrogens is 212 g/mol. The van der Waals surface area contributed by atoms with Crippen LogP contribution in [-0.4, -0.2) is 12.5 Å². The lowest BCUT2D eigenvalue weighted by molar-refractivity contribution is 0.0999. The van der Waals surface area contributed by atoms with Crippen LogP contribution in [0.5, 0.6) is 0 Å². The van der Waals surface area contributed by atoms with Crippen molar-refractivity contribution in [1.82, 2.24) is 5.32 Å². The van der Waals surface area contributed by atoms with E-state index in [9.17, 15) is 4.79 Å². The fraction of sp³-hybridized carbons (Fsp3) is 0.500. The zero-order valence-corrected chi connectivity index (χ0v) is 10.3. The van der Waals surface area contributed by atoms with Crippen LogP contribution in [0.25, 0.3) is 0 Å². The zero-order chi connectivity index (χ0) is 12.3. The van der Waals surface area contributed by atoms with Crippen LogP contribution in [0.4, 0.5) is 0 Å². The second-order valence-corrected chi connectivity index (χ2v) is 4.98. The summed E-state index contributed by atoms with van der Waals surface area (Å²) in [5, 5.41) is 3.44. The Labute approximate surface area is 102 Å². The van der Waals surface area contributed by atoms with E-state index in [2.05, 4.69) is 12.2 Å². The molecule has 0 aliphatic heterocycles. The summed E-state index contributed by atoms with van der Waals surface area (Å²) in [6.45, 7) is 4.00. The van der Waals surface area contributed by atoms with E-state index in [1.54, 1.807) is 6.07 Å². The van der Waals surface area contributed by atoms with Gasteiger partial charge in [0.15, 0.2) is 0 Å². The Hall–Kier alpha value is -1.35. The second-order valence-electron chi connectivity index (χ2n) is 4.98. The number of benzene rings is 1. The Morgan fingerprint density at radius 3 is 2.71 bits per heavy atom. The average Bonchev–Trinajstić information content (AvgIpc) is 3.10. The summed E-state index contributed by atoms with van der Waals surface area (Å²) < 4.78 is 0. The molecule has 1 aliphatic carbocycles. The first-order valence-corrected chi connectivity index (χ1v) is 6.25. The molecule has 0 atom stereocenters. The molecule has 92 valence electrons. The number of amides is 1. The number of carbonyl (C=O) groups is 1. The maximum atomic E-state index is 11.2. The molecule has 3 heteroatoms. The van der Waals surface area contributed by atoms with Crippen molar-refractivity contribution >= 4 is 5.91 Å². The molecule has 0 heterocycles. The van der Waals surface area contributed by atoms with Crippen LogP contribution in [0.15, 0.2) is 24.3 Å². The zero-order valence-electron chi connectivity index (χ0n) is 10.3. The van der Waals surface area contributed by atoms with Crippen LogP contribution in [0.3, 0.4) is 0 Å². The van der Waals surface area contributed by atoms with E-state index in [1.165, 1.54) is 19.3 Å². The standard InChI is InChI=1S/C14H20N2O/c1-2-14(7-8-14)10-16-9-11-5-3-4-6-12(11)13(15)17/h3-6,16H,2,7-10H2,1H3,(H2,15,17). The molecule has 0 unspecified atom stereocenters. The maximum Gasteiger partial charge on any atom is 0.249 e. The quantitative estimate of drug-likeness (QED) is 0.789. The maximum absolute atomic E-state index is 11.2. The minimum absolute atomic E-state index is 0.348. The van der Waals surface area contributed by atoms with Crippen molar-refractivity contribution in [2.45, 2.75) is 32.7 Å². The van der Waals surface area contributed by atoms with Gasteiger partial charge in [-0.3, -0.25) is 4.79 Å². The lowest BCUT2D eigenvalue weighted by atomic mass is 10.0. The van der Waals surface area contributed by atoms with Crippen LogP contribution in [0, 0.1) is 5.41 Å². The fourth-order valence-corrected chi connectivity index (χ4v) is 2.21. The summed E-state index contributed by atoms with van der Waals surface area (Å²) in [5.74, 6) is -0.348. The first-order chi connectivity index (χ1) is 8.17. The van der Waals surface area contributed by atoms with Crippen molar-refractivity contribution in [2.24, 2.45) is 11.1 Å². The Morgan fingerprint density at radius 1 is 1.41 bits per heavy atom. The highest BCUT2D eigenvalue weighted by atomic mass is 16.1. The number of primary amides is 1. The van der Waals surface area contributed by atoms with Gasteiger partial charge < -0.3 is 11.1 Å². The van der Waals surface area contributed by atoms with Gasteiger partial charge >= 0.3 is 0 Å². The minimum Gasteiger partial charge on any atom is -0.366 e. The minimum atomic E-state index is -0.348. The number of hydrogen-bond acceptors (Lipinski definition) is 2. The Morgan fingerprint density at radius 2 is 2.12 bits per heavy atom. The van der Waals surface area contributed by atoms with Crippen molar-refractivity contribution in [3.8, 4) is 0 Å². The molecule has 0 saturated heterocycles. The van der Waals surface area contributed by atoms with Crippen molar-refractivity contribution in [3.63, 3.8) is 0 Å². The van der Waals surface area contributed by atoms with Gasteiger partial charge in [0.25, 0.3) is 0 Å². The topological polar surface area (TPSA) is 55.1 Å². The Bertz CT molecular complexity index is 410. The number of hydrogen-bond donors (Lipinski definition) is 2. The van der Waals surface area contributed by atoms with Crippen molar-refractivity contribution in [3.05, 3.63) is 35.4 Å². The molecule has 1 saturated carbocycles. The van der Waals surface area contributed by atoms with Crippen LogP contribution in [0.2, 0.25) is 0 Å². The van der Waals surface area contributed by atoms with Crippen LogP contribution < -0.4 is 11.1 Å². The van der Waals surface area contributed by atoms with Gasteiger partial charge in [-0.2, -0.15) is 0 Å². The smallest absolute Gasteiger partial charge is 0.249 e. The Balaban J connectivity index is 1.92. The molecule has 1 amide bonds. The molecule has 0 radical (unpaired) electrons. The van der Waals surface area contributed by atoms with Gasteiger partial charge in [0.1, 0.15) is 0 Å². The van der Waals surface area contributed by atoms with Gasteiger partial charge in [0.05, 0.1) is 0 Å². The van der Waals surface area contributed by atoms with E-state index in [1.807, 2.05) is 18.2 Å². The number of nitrogens with two attached hydrogens (primary N) is 1. The van der Waals surface area contributed by atoms with Gasteiger partial charge in [0.2, 0.25) is 5.91 Å². The molecule has 0 spiro atoms. The second kappa shape index (κ2) is 4.88. The van der Waals surface area contributed by atoms with Gasteiger partial charge in [-0.1, -0.05) is 25.1 Å². The Kier molecular flexibility index (Phi) is 3.48. The molecule has 1 aromatic carbocycles. The van der Waals surface area contributed by atoms with Gasteiger partial charge in [-0.05, 0) is 36.3 Å². The predicted molar refractivity (Wildman–Crippen MR) is 68.6 cm³/mol. The molecule has 3 N–H and O–H groups in total. The molecule has 17 heavy (non-hydrogen) atoms. The molecule has 2 rings (SSSR count). The van der Waals surface area contributed by atoms with E-state index in [0.29, 0.717) is 11.0 Å². The average molecular weight is 232 g/mol. The van der Waals surface area contributed by atoms with Gasteiger partial charge in [0, 0.05) is 18.7 Å². The highest BCUT2D eigenvalue weighted by Crippen LogP contribution is 2.47. The lowest BCUT2D eigenvalue weighted by Gasteiger charge is -2.14. The fourth-order valence-electron chi connectivity index (χ4n) is 2.21. The number of nitrogens with one attached hydrogen (secondary N) is 1. The largest absolute Gasteiger partial charge is 0.366 e. The molecule has 1 aliphatic rings. The molecule has 1 fully saturated rings. The van der Waals surface area contributed by atoms with E-state index in [0.717, 1.165) is 18.7 Å². The third-order valence-electron chi connectivity index (χ3n) is 3.81. The van der Waals surface area contributed by atoms with Crippen molar-refractivity contribution < 1.29 is 4.79 Å².